The standard InChI is InChI=1S/C11H7Cl2N3S/c1-17-11(7(5-14)6-15)16-10-3-8(12)2-9(13)4-10/h2-4,7H,1H3. The smallest absolute Gasteiger partial charge is 0.181 e. The van der Waals surface area contributed by atoms with Gasteiger partial charge in [0.25, 0.3) is 0 Å². The van der Waals surface area contributed by atoms with Crippen molar-refractivity contribution in [2.75, 3.05) is 6.26 Å². The van der Waals surface area contributed by atoms with Crippen LogP contribution in [0, 0.1) is 28.6 Å². The van der Waals surface area contributed by atoms with E-state index in [2.05, 4.69) is 4.99 Å². The van der Waals surface area contributed by atoms with Gasteiger partial charge < -0.3 is 0 Å². The number of aliphatic imine (C=N–C) groups is 1. The van der Waals surface area contributed by atoms with Crippen molar-refractivity contribution < 1.29 is 0 Å². The van der Waals surface area contributed by atoms with Crippen LogP contribution in [0.25, 0.3) is 0 Å². The summed E-state index contributed by atoms with van der Waals surface area (Å²) in [4.78, 5) is 4.21. The number of halogens is 2. The Morgan fingerprint density at radius 3 is 2.18 bits per heavy atom. The Kier molecular flexibility index (Phi) is 5.31. The summed E-state index contributed by atoms with van der Waals surface area (Å²) in [7, 11) is 0. The van der Waals surface area contributed by atoms with Crippen molar-refractivity contribution in [3.05, 3.63) is 28.2 Å². The molecule has 0 aliphatic heterocycles. The summed E-state index contributed by atoms with van der Waals surface area (Å²) in [5.41, 5.74) is 0.530. The van der Waals surface area contributed by atoms with Crippen LogP contribution in [0.1, 0.15) is 0 Å². The summed E-state index contributed by atoms with van der Waals surface area (Å²) in [6.07, 6.45) is 1.76. The molecule has 0 saturated carbocycles. The lowest BCUT2D eigenvalue weighted by Gasteiger charge is -2.03. The molecule has 17 heavy (non-hydrogen) atoms. The van der Waals surface area contributed by atoms with Crippen LogP contribution < -0.4 is 0 Å². The normalized spacial score (nSPS) is 11.1. The molecule has 3 nitrogen and oxygen atoms in total. The van der Waals surface area contributed by atoms with Crippen molar-refractivity contribution in [2.24, 2.45) is 10.9 Å². The van der Waals surface area contributed by atoms with E-state index in [1.807, 2.05) is 12.1 Å². The van der Waals surface area contributed by atoms with Crippen molar-refractivity contribution in [3.8, 4) is 12.1 Å². The van der Waals surface area contributed by atoms with Crippen LogP contribution in [0.15, 0.2) is 23.2 Å². The van der Waals surface area contributed by atoms with Crippen LogP contribution in [0.2, 0.25) is 10.0 Å². The predicted octanol–water partition coefficient (Wildman–Crippen LogP) is 4.05. The molecule has 0 amide bonds. The van der Waals surface area contributed by atoms with Gasteiger partial charge in [-0.2, -0.15) is 10.5 Å². The van der Waals surface area contributed by atoms with Gasteiger partial charge in [-0.15, -0.1) is 11.8 Å². The molecular formula is C11H7Cl2N3S. The molecule has 1 rings (SSSR count). The molecule has 1 aromatic rings. The van der Waals surface area contributed by atoms with E-state index in [9.17, 15) is 0 Å². The first-order chi connectivity index (χ1) is 8.10. The first-order valence-corrected chi connectivity index (χ1v) is 6.46. The molecule has 0 saturated heterocycles. The fourth-order valence-electron chi connectivity index (χ4n) is 1.10. The summed E-state index contributed by atoms with van der Waals surface area (Å²) < 4.78 is 0. The van der Waals surface area contributed by atoms with Gasteiger partial charge in [-0.25, -0.2) is 4.99 Å². The molecule has 0 atom stereocenters. The molecule has 86 valence electrons. The maximum absolute atomic E-state index is 8.80. The number of hydrogen-bond donors (Lipinski definition) is 0. The topological polar surface area (TPSA) is 59.9 Å². The molecule has 6 heteroatoms. The number of thioether (sulfide) groups is 1. The van der Waals surface area contributed by atoms with Crippen molar-refractivity contribution in [1.29, 1.82) is 10.5 Å². The first kappa shape index (κ1) is 13.9. The minimum absolute atomic E-state index is 0.424. The molecule has 0 aromatic heterocycles. The molecule has 0 N–H and O–H groups in total. The van der Waals surface area contributed by atoms with Crippen LogP contribution in [-0.4, -0.2) is 11.3 Å². The minimum atomic E-state index is -0.872. The van der Waals surface area contributed by atoms with E-state index >= 15 is 0 Å². The quantitative estimate of drug-likeness (QED) is 0.608. The highest BCUT2D eigenvalue weighted by Crippen LogP contribution is 2.26. The van der Waals surface area contributed by atoms with E-state index in [-0.39, 0.29) is 0 Å². The summed E-state index contributed by atoms with van der Waals surface area (Å²) in [5.74, 6) is -0.872. The monoisotopic (exact) mass is 283 g/mol. The summed E-state index contributed by atoms with van der Waals surface area (Å²) in [5, 5.41) is 18.9. The molecule has 1 aromatic carbocycles. The van der Waals surface area contributed by atoms with E-state index in [0.29, 0.717) is 20.8 Å². The van der Waals surface area contributed by atoms with E-state index < -0.39 is 5.92 Å². The van der Waals surface area contributed by atoms with Crippen LogP contribution in [0.5, 0.6) is 0 Å². The third-order valence-electron chi connectivity index (χ3n) is 1.80. The number of hydrogen-bond acceptors (Lipinski definition) is 4. The second kappa shape index (κ2) is 6.51. The van der Waals surface area contributed by atoms with Gasteiger partial charge >= 0.3 is 0 Å². The molecule has 0 unspecified atom stereocenters. The number of rotatable bonds is 2. The summed E-state index contributed by atoms with van der Waals surface area (Å²) >= 11 is 12.9. The van der Waals surface area contributed by atoms with Crippen molar-refractivity contribution in [2.45, 2.75) is 0 Å². The van der Waals surface area contributed by atoms with Gasteiger partial charge in [0.15, 0.2) is 5.92 Å². The van der Waals surface area contributed by atoms with Gasteiger partial charge in [0.05, 0.1) is 17.8 Å². The number of benzene rings is 1. The van der Waals surface area contributed by atoms with Gasteiger partial charge in [0.2, 0.25) is 0 Å². The molecule has 0 spiro atoms. The van der Waals surface area contributed by atoms with E-state index in [1.54, 1.807) is 24.5 Å². The molecule has 0 fully saturated rings. The zero-order chi connectivity index (χ0) is 12.8. The Morgan fingerprint density at radius 1 is 1.24 bits per heavy atom. The molecule has 0 radical (unpaired) electrons. The van der Waals surface area contributed by atoms with Gasteiger partial charge in [-0.3, -0.25) is 0 Å². The largest absolute Gasteiger partial charge is 0.244 e. The molecule has 0 bridgehead atoms. The minimum Gasteiger partial charge on any atom is -0.244 e. The average molecular weight is 284 g/mol. The Morgan fingerprint density at radius 2 is 1.76 bits per heavy atom. The second-order valence-corrected chi connectivity index (χ2v) is 4.67. The summed E-state index contributed by atoms with van der Waals surface area (Å²) in [6, 6.07) is 8.58. The van der Waals surface area contributed by atoms with Crippen molar-refractivity contribution in [1.82, 2.24) is 0 Å². The van der Waals surface area contributed by atoms with Crippen LogP contribution in [0.4, 0.5) is 5.69 Å². The van der Waals surface area contributed by atoms with Gasteiger partial charge in [0, 0.05) is 10.0 Å². The van der Waals surface area contributed by atoms with Gasteiger partial charge in [0.1, 0.15) is 5.04 Å². The zero-order valence-corrected chi connectivity index (χ0v) is 11.1. The lowest BCUT2D eigenvalue weighted by molar-refractivity contribution is 1.17. The maximum atomic E-state index is 8.80. The fourth-order valence-corrected chi connectivity index (χ4v) is 2.15. The predicted molar refractivity (Wildman–Crippen MR) is 71.8 cm³/mol. The van der Waals surface area contributed by atoms with Crippen LogP contribution >= 0.6 is 35.0 Å². The van der Waals surface area contributed by atoms with E-state index in [0.717, 1.165) is 0 Å². The highest BCUT2D eigenvalue weighted by Gasteiger charge is 2.13. The SMILES string of the molecule is CSC(=Nc1cc(Cl)cc(Cl)c1)C(C#N)C#N. The first-order valence-electron chi connectivity index (χ1n) is 4.48. The van der Waals surface area contributed by atoms with E-state index in [4.69, 9.17) is 33.7 Å². The fraction of sp³-hybridized carbons (Fsp3) is 0.182. The highest BCUT2D eigenvalue weighted by molar-refractivity contribution is 8.13. The zero-order valence-electron chi connectivity index (χ0n) is 8.82. The Balaban J connectivity index is 3.16. The molecule has 0 aliphatic rings. The second-order valence-electron chi connectivity index (χ2n) is 2.97. The van der Waals surface area contributed by atoms with Crippen LogP contribution in [0.3, 0.4) is 0 Å². The number of nitriles is 2. The van der Waals surface area contributed by atoms with Gasteiger partial charge in [-0.05, 0) is 24.5 Å². The number of nitrogens with zero attached hydrogens (tertiary/aromatic N) is 3. The summed E-state index contributed by atoms with van der Waals surface area (Å²) in [6.45, 7) is 0. The lowest BCUT2D eigenvalue weighted by atomic mass is 10.2. The third kappa shape index (κ3) is 3.94. The van der Waals surface area contributed by atoms with Crippen molar-refractivity contribution in [3.63, 3.8) is 0 Å². The molecule has 0 aliphatic carbocycles. The lowest BCUT2D eigenvalue weighted by Crippen LogP contribution is -2.05. The average Bonchev–Trinajstić information content (AvgIpc) is 2.27. The Labute approximate surface area is 114 Å². The van der Waals surface area contributed by atoms with E-state index in [1.165, 1.54) is 11.8 Å². The maximum Gasteiger partial charge on any atom is 0.181 e. The third-order valence-corrected chi connectivity index (χ3v) is 2.98. The highest BCUT2D eigenvalue weighted by atomic mass is 35.5. The van der Waals surface area contributed by atoms with Gasteiger partial charge in [-0.1, -0.05) is 23.2 Å². The molecular weight excluding hydrogens is 277 g/mol. The van der Waals surface area contributed by atoms with Crippen molar-refractivity contribution >= 4 is 45.7 Å². The molecule has 0 heterocycles. The Bertz CT molecular complexity index is 494. The van der Waals surface area contributed by atoms with Crippen LogP contribution in [-0.2, 0) is 0 Å². The Hall–Kier alpha value is -1.20.